The topological polar surface area (TPSA) is 24.9 Å². The van der Waals surface area contributed by atoms with Crippen LogP contribution < -0.4 is 5.32 Å². The van der Waals surface area contributed by atoms with Crippen LogP contribution in [0.5, 0.6) is 0 Å². The molecule has 0 spiro atoms. The summed E-state index contributed by atoms with van der Waals surface area (Å²) in [5.74, 6) is 0.589. The number of nitrogens with one attached hydrogen (secondary N) is 1. The molecule has 0 radical (unpaired) electrons. The maximum absolute atomic E-state index is 12.8. The number of para-hydroxylation sites is 1. The summed E-state index contributed by atoms with van der Waals surface area (Å²) in [5.41, 5.74) is -1.22. The van der Waals surface area contributed by atoms with Crippen LogP contribution in [0.4, 0.5) is 19.0 Å². The molecule has 3 aliphatic carbocycles. The molecule has 2 aromatic rings. The fraction of sp³-hybridized carbons (Fsp3) is 0.400. The van der Waals surface area contributed by atoms with E-state index in [1.807, 2.05) is 18.2 Å². The monoisotopic (exact) mass is 312 g/mol. The number of rotatable bonds is 2. The van der Waals surface area contributed by atoms with E-state index >= 15 is 0 Å². The van der Waals surface area contributed by atoms with Crippen molar-refractivity contribution in [3.63, 3.8) is 0 Å². The van der Waals surface area contributed by atoms with Crippen molar-refractivity contribution >= 4 is 28.3 Å². The standard InChI is InChI=1S/C15H12ClF3N2/c16-10-3-1-2-9-4-5-11(20-12(9)10)21-14-6-13(7-14,8-14)15(17,18)19/h1-5H,6-8H2,(H,20,21). The van der Waals surface area contributed by atoms with Gasteiger partial charge < -0.3 is 5.32 Å². The second kappa shape index (κ2) is 3.83. The Morgan fingerprint density at radius 1 is 1.10 bits per heavy atom. The van der Waals surface area contributed by atoms with Crippen LogP contribution >= 0.6 is 11.6 Å². The molecule has 5 rings (SSSR count). The minimum Gasteiger partial charge on any atom is -0.365 e. The Kier molecular flexibility index (Phi) is 2.40. The molecule has 0 saturated heterocycles. The average molecular weight is 313 g/mol. The number of nitrogens with zero attached hydrogens (tertiary/aromatic N) is 1. The fourth-order valence-electron chi connectivity index (χ4n) is 3.67. The van der Waals surface area contributed by atoms with Gasteiger partial charge in [0.25, 0.3) is 0 Å². The van der Waals surface area contributed by atoms with E-state index in [1.54, 1.807) is 12.1 Å². The molecule has 0 aliphatic heterocycles. The van der Waals surface area contributed by atoms with Crippen LogP contribution in [0.1, 0.15) is 19.3 Å². The van der Waals surface area contributed by atoms with Gasteiger partial charge in [-0.05, 0) is 37.5 Å². The van der Waals surface area contributed by atoms with Crippen LogP contribution in [0.3, 0.4) is 0 Å². The van der Waals surface area contributed by atoms with Crippen molar-refractivity contribution in [3.05, 3.63) is 35.4 Å². The molecule has 6 heteroatoms. The van der Waals surface area contributed by atoms with Gasteiger partial charge in [-0.25, -0.2) is 4.98 Å². The van der Waals surface area contributed by atoms with E-state index in [0.29, 0.717) is 16.4 Å². The first kappa shape index (κ1) is 13.2. The molecule has 1 N–H and O–H groups in total. The Bertz CT molecular complexity index is 721. The molecule has 1 aromatic carbocycles. The predicted octanol–water partition coefficient (Wildman–Crippen LogP) is 4.79. The summed E-state index contributed by atoms with van der Waals surface area (Å²) in [6, 6.07) is 9.16. The number of halogens is 4. The molecule has 0 amide bonds. The van der Waals surface area contributed by atoms with Crippen molar-refractivity contribution < 1.29 is 13.2 Å². The number of pyridine rings is 1. The van der Waals surface area contributed by atoms with Gasteiger partial charge in [-0.1, -0.05) is 23.7 Å². The van der Waals surface area contributed by atoms with Crippen LogP contribution in [-0.4, -0.2) is 16.7 Å². The lowest BCUT2D eigenvalue weighted by molar-refractivity contribution is -0.327. The second-order valence-corrected chi connectivity index (χ2v) is 6.63. The molecule has 2 bridgehead atoms. The van der Waals surface area contributed by atoms with E-state index in [0.717, 1.165) is 5.39 Å². The summed E-state index contributed by atoms with van der Waals surface area (Å²) in [6.45, 7) is 0. The minimum absolute atomic E-state index is 0.145. The van der Waals surface area contributed by atoms with Crippen LogP contribution in [0.25, 0.3) is 10.9 Å². The number of hydrogen-bond acceptors (Lipinski definition) is 2. The molecule has 3 saturated carbocycles. The van der Waals surface area contributed by atoms with E-state index in [-0.39, 0.29) is 19.3 Å². The first-order chi connectivity index (χ1) is 9.83. The fourth-order valence-corrected chi connectivity index (χ4v) is 3.90. The summed E-state index contributed by atoms with van der Waals surface area (Å²) in [6.07, 6.45) is -3.65. The van der Waals surface area contributed by atoms with Gasteiger partial charge in [0.1, 0.15) is 5.82 Å². The molecule has 3 fully saturated rings. The van der Waals surface area contributed by atoms with Crippen LogP contribution in [0.15, 0.2) is 30.3 Å². The predicted molar refractivity (Wildman–Crippen MR) is 75.4 cm³/mol. The number of benzene rings is 1. The summed E-state index contributed by atoms with van der Waals surface area (Å²) in [7, 11) is 0. The number of hydrogen-bond donors (Lipinski definition) is 1. The highest BCUT2D eigenvalue weighted by Crippen LogP contribution is 2.74. The third-order valence-corrected chi connectivity index (χ3v) is 5.00. The molecular weight excluding hydrogens is 301 g/mol. The lowest BCUT2D eigenvalue weighted by Crippen LogP contribution is -2.75. The molecule has 2 nitrogen and oxygen atoms in total. The normalized spacial score (nSPS) is 30.7. The molecular formula is C15H12ClF3N2. The zero-order chi connectivity index (χ0) is 14.9. The van der Waals surface area contributed by atoms with Crippen molar-refractivity contribution in [1.82, 2.24) is 4.98 Å². The lowest BCUT2D eigenvalue weighted by atomic mass is 9.39. The van der Waals surface area contributed by atoms with Crippen molar-refractivity contribution in [1.29, 1.82) is 0 Å². The molecule has 110 valence electrons. The van der Waals surface area contributed by atoms with Gasteiger partial charge in [0, 0.05) is 10.9 Å². The number of aromatic nitrogens is 1. The number of alkyl halides is 3. The molecule has 21 heavy (non-hydrogen) atoms. The molecule has 0 unspecified atom stereocenters. The highest BCUT2D eigenvalue weighted by Gasteiger charge is 2.78. The maximum atomic E-state index is 12.8. The van der Waals surface area contributed by atoms with E-state index in [9.17, 15) is 13.2 Å². The largest absolute Gasteiger partial charge is 0.394 e. The SMILES string of the molecule is FC(F)(F)C12CC(Nc3ccc4cccc(Cl)c4n3)(C1)C2. The van der Waals surface area contributed by atoms with E-state index in [1.165, 1.54) is 0 Å². The zero-order valence-corrected chi connectivity index (χ0v) is 11.7. The van der Waals surface area contributed by atoms with Gasteiger partial charge >= 0.3 is 6.18 Å². The third-order valence-electron chi connectivity index (χ3n) is 4.70. The lowest BCUT2D eigenvalue weighted by Gasteiger charge is -2.70. The van der Waals surface area contributed by atoms with E-state index < -0.39 is 17.1 Å². The second-order valence-electron chi connectivity index (χ2n) is 6.22. The van der Waals surface area contributed by atoms with E-state index in [4.69, 9.17) is 11.6 Å². The van der Waals surface area contributed by atoms with Gasteiger partial charge in [0.15, 0.2) is 0 Å². The molecule has 1 aromatic heterocycles. The quantitative estimate of drug-likeness (QED) is 0.862. The highest BCUT2D eigenvalue weighted by atomic mass is 35.5. The van der Waals surface area contributed by atoms with Gasteiger partial charge in [-0.2, -0.15) is 13.2 Å². The van der Waals surface area contributed by atoms with E-state index in [2.05, 4.69) is 10.3 Å². The minimum atomic E-state index is -4.09. The van der Waals surface area contributed by atoms with Gasteiger partial charge in [0.2, 0.25) is 0 Å². The van der Waals surface area contributed by atoms with Gasteiger partial charge in [-0.3, -0.25) is 0 Å². The average Bonchev–Trinajstić information content (AvgIpc) is 2.31. The molecule has 1 heterocycles. The van der Waals surface area contributed by atoms with Crippen LogP contribution in [0, 0.1) is 5.41 Å². The summed E-state index contributed by atoms with van der Waals surface area (Å²) < 4.78 is 38.5. The van der Waals surface area contributed by atoms with Crippen molar-refractivity contribution in [3.8, 4) is 0 Å². The number of fused-ring (bicyclic) bond motifs is 1. The summed E-state index contributed by atoms with van der Waals surface area (Å²) >= 11 is 6.10. The van der Waals surface area contributed by atoms with Crippen LogP contribution in [-0.2, 0) is 0 Å². The number of anilines is 1. The third kappa shape index (κ3) is 1.76. The Labute approximate surface area is 124 Å². The maximum Gasteiger partial charge on any atom is 0.394 e. The summed E-state index contributed by atoms with van der Waals surface area (Å²) in [5, 5.41) is 4.62. The summed E-state index contributed by atoms with van der Waals surface area (Å²) in [4.78, 5) is 4.43. The van der Waals surface area contributed by atoms with Crippen molar-refractivity contribution in [2.75, 3.05) is 5.32 Å². The zero-order valence-electron chi connectivity index (χ0n) is 11.0. The molecule has 3 aliphatic rings. The Morgan fingerprint density at radius 2 is 1.81 bits per heavy atom. The van der Waals surface area contributed by atoms with Crippen molar-refractivity contribution in [2.45, 2.75) is 31.0 Å². The van der Waals surface area contributed by atoms with Crippen LogP contribution in [0.2, 0.25) is 5.02 Å². The first-order valence-electron chi connectivity index (χ1n) is 6.73. The van der Waals surface area contributed by atoms with Gasteiger partial charge in [0.05, 0.1) is 16.0 Å². The molecule has 0 atom stereocenters. The Hall–Kier alpha value is -1.49. The Balaban J connectivity index is 1.57. The van der Waals surface area contributed by atoms with Gasteiger partial charge in [-0.15, -0.1) is 0 Å². The Morgan fingerprint density at radius 3 is 2.48 bits per heavy atom. The first-order valence-corrected chi connectivity index (χ1v) is 7.11. The highest BCUT2D eigenvalue weighted by molar-refractivity contribution is 6.35. The van der Waals surface area contributed by atoms with Crippen molar-refractivity contribution in [2.24, 2.45) is 5.41 Å². The smallest absolute Gasteiger partial charge is 0.365 e.